The van der Waals surface area contributed by atoms with Crippen LogP contribution in [0.15, 0.2) is 53.2 Å². The molecule has 0 spiro atoms. The molecule has 1 aromatic heterocycles. The van der Waals surface area contributed by atoms with Crippen LogP contribution in [-0.4, -0.2) is 52.9 Å². The van der Waals surface area contributed by atoms with Crippen LogP contribution < -0.4 is 30.9 Å². The summed E-state index contributed by atoms with van der Waals surface area (Å²) in [5.41, 5.74) is 2.31. The highest BCUT2D eigenvalue weighted by Gasteiger charge is 2.52. The van der Waals surface area contributed by atoms with Crippen molar-refractivity contribution in [3.63, 3.8) is 0 Å². The van der Waals surface area contributed by atoms with Crippen LogP contribution >= 0.6 is 11.8 Å². The largest absolute Gasteiger partial charge is 0.439 e. The number of amides is 4. The van der Waals surface area contributed by atoms with E-state index in [9.17, 15) is 14.4 Å². The van der Waals surface area contributed by atoms with Gasteiger partial charge in [-0.05, 0) is 56.8 Å². The fourth-order valence-electron chi connectivity index (χ4n) is 6.12. The lowest BCUT2D eigenvalue weighted by Crippen LogP contribution is -2.62. The summed E-state index contributed by atoms with van der Waals surface area (Å²) in [6.07, 6.45) is 4.82. The molecule has 0 bridgehead atoms. The Morgan fingerprint density at radius 3 is 2.64 bits per heavy atom. The van der Waals surface area contributed by atoms with Gasteiger partial charge in [0.2, 0.25) is 11.8 Å². The number of pyridine rings is 1. The average molecular weight is 549 g/mol. The summed E-state index contributed by atoms with van der Waals surface area (Å²) < 4.78 is 5.88. The van der Waals surface area contributed by atoms with E-state index in [1.54, 1.807) is 11.1 Å². The molecule has 3 aliphatic heterocycles. The Morgan fingerprint density at radius 2 is 1.90 bits per heavy atom. The lowest BCUT2D eigenvalue weighted by Gasteiger charge is -2.46. The topological polar surface area (TPSA) is 125 Å². The Labute approximate surface area is 231 Å². The third-order valence-corrected chi connectivity index (χ3v) is 9.16. The Balaban J connectivity index is 1.21. The SMILES string of the molecule is CC(=O)N[C@H]1CC[C@@H](NC(=O)C2=C3NC(=O)N(c4cnc(Oc5ccccc5)cc4C)C4CCNC(S2)C34)C1. The number of aryl methyl sites for hydroxylation is 1. The number of rotatable bonds is 6. The van der Waals surface area contributed by atoms with E-state index >= 15 is 0 Å². The Bertz CT molecular complexity index is 1330. The van der Waals surface area contributed by atoms with Gasteiger partial charge in [-0.3, -0.25) is 14.5 Å². The van der Waals surface area contributed by atoms with Crippen molar-refractivity contribution in [2.24, 2.45) is 5.92 Å². The van der Waals surface area contributed by atoms with Gasteiger partial charge in [-0.25, -0.2) is 9.78 Å². The lowest BCUT2D eigenvalue weighted by atomic mass is 9.86. The first-order chi connectivity index (χ1) is 18.9. The Hall–Kier alpha value is -3.57. The number of thioether (sulfide) groups is 1. The maximum Gasteiger partial charge on any atom is 0.326 e. The molecule has 3 fully saturated rings. The zero-order valence-corrected chi connectivity index (χ0v) is 22.7. The molecule has 0 radical (unpaired) electrons. The molecule has 10 nitrogen and oxygen atoms in total. The maximum absolute atomic E-state index is 13.5. The summed E-state index contributed by atoms with van der Waals surface area (Å²) in [4.78, 5) is 45.2. The minimum Gasteiger partial charge on any atom is -0.439 e. The monoisotopic (exact) mass is 548 g/mol. The van der Waals surface area contributed by atoms with Gasteiger partial charge in [0.25, 0.3) is 5.91 Å². The molecule has 3 unspecified atom stereocenters. The van der Waals surface area contributed by atoms with E-state index in [0.29, 0.717) is 28.7 Å². The van der Waals surface area contributed by atoms with Crippen molar-refractivity contribution in [2.75, 3.05) is 11.4 Å². The average Bonchev–Trinajstić information content (AvgIpc) is 3.50. The van der Waals surface area contributed by atoms with Crippen LogP contribution in [0.5, 0.6) is 11.6 Å². The van der Waals surface area contributed by atoms with Crippen molar-refractivity contribution >= 4 is 35.3 Å². The van der Waals surface area contributed by atoms with E-state index in [1.165, 1.54) is 18.7 Å². The summed E-state index contributed by atoms with van der Waals surface area (Å²) in [5, 5.41) is 12.7. The van der Waals surface area contributed by atoms with Gasteiger partial charge in [0.15, 0.2) is 0 Å². The van der Waals surface area contributed by atoms with E-state index in [1.807, 2.05) is 43.3 Å². The predicted molar refractivity (Wildman–Crippen MR) is 148 cm³/mol. The highest BCUT2D eigenvalue weighted by atomic mass is 32.2. The number of piperidine rings is 1. The van der Waals surface area contributed by atoms with Crippen LogP contribution in [0.25, 0.3) is 0 Å². The summed E-state index contributed by atoms with van der Waals surface area (Å²) >= 11 is 1.49. The van der Waals surface area contributed by atoms with Crippen molar-refractivity contribution in [3.05, 3.63) is 58.8 Å². The van der Waals surface area contributed by atoms with Gasteiger partial charge < -0.3 is 26.0 Å². The molecule has 6 rings (SSSR count). The molecule has 4 amide bonds. The molecule has 1 aliphatic carbocycles. The van der Waals surface area contributed by atoms with E-state index in [2.05, 4.69) is 26.3 Å². The van der Waals surface area contributed by atoms with Gasteiger partial charge in [-0.15, -0.1) is 0 Å². The van der Waals surface area contributed by atoms with Gasteiger partial charge in [-0.2, -0.15) is 0 Å². The molecule has 1 saturated carbocycles. The molecule has 39 heavy (non-hydrogen) atoms. The van der Waals surface area contributed by atoms with E-state index in [0.717, 1.165) is 37.1 Å². The molecule has 1 aromatic carbocycles. The molecule has 2 aromatic rings. The first kappa shape index (κ1) is 25.7. The second-order valence-corrected chi connectivity index (χ2v) is 11.7. The minimum absolute atomic E-state index is 0.00410. The molecule has 4 aliphatic rings. The van der Waals surface area contributed by atoms with Crippen LogP contribution in [0, 0.1) is 12.8 Å². The van der Waals surface area contributed by atoms with Crippen LogP contribution in [0.2, 0.25) is 0 Å². The molecule has 2 saturated heterocycles. The minimum atomic E-state index is -0.257. The number of benzene rings is 1. The quantitative estimate of drug-likeness (QED) is 0.437. The number of urea groups is 1. The molecular formula is C28H32N6O4S. The second-order valence-electron chi connectivity index (χ2n) is 10.5. The first-order valence-corrected chi connectivity index (χ1v) is 14.3. The number of hydrogen-bond acceptors (Lipinski definition) is 7. The lowest BCUT2D eigenvalue weighted by molar-refractivity contribution is -0.119. The zero-order chi connectivity index (χ0) is 27.1. The highest BCUT2D eigenvalue weighted by molar-refractivity contribution is 8.04. The standard InChI is InChI=1S/C28H32N6O4S/c1-15-12-22(38-19-6-4-3-5-7-19)30-14-21(15)34-20-10-11-29-27-23(20)24(33-28(34)37)25(39-27)26(36)32-18-9-8-17(13-18)31-16(2)35/h3-7,12,14,17-18,20,23,27,29H,8-11,13H2,1-2H3,(H,31,35)(H,32,36)(H,33,37)/t17-,18+,20?,23?,27?/m0/s1. The van der Waals surface area contributed by atoms with Gasteiger partial charge in [0.05, 0.1) is 28.2 Å². The highest BCUT2D eigenvalue weighted by Crippen LogP contribution is 2.48. The van der Waals surface area contributed by atoms with Crippen molar-refractivity contribution < 1.29 is 19.1 Å². The second kappa shape index (κ2) is 10.5. The number of hydrogen-bond donors (Lipinski definition) is 4. The Morgan fingerprint density at radius 1 is 1.13 bits per heavy atom. The molecule has 11 heteroatoms. The van der Waals surface area contributed by atoms with Crippen molar-refractivity contribution in [2.45, 2.75) is 63.0 Å². The van der Waals surface area contributed by atoms with Crippen molar-refractivity contribution in [3.8, 4) is 11.6 Å². The smallest absolute Gasteiger partial charge is 0.326 e. The molecular weight excluding hydrogens is 516 g/mol. The van der Waals surface area contributed by atoms with E-state index in [4.69, 9.17) is 4.74 Å². The third-order valence-electron chi connectivity index (χ3n) is 7.81. The zero-order valence-electron chi connectivity index (χ0n) is 21.9. The number of nitrogens with one attached hydrogen (secondary N) is 4. The summed E-state index contributed by atoms with van der Waals surface area (Å²) in [6, 6.07) is 11.0. The van der Waals surface area contributed by atoms with Crippen LogP contribution in [0.4, 0.5) is 10.5 Å². The fourth-order valence-corrected chi connectivity index (χ4v) is 7.52. The number of nitrogens with zero attached hydrogens (tertiary/aromatic N) is 2. The molecule has 4 N–H and O–H groups in total. The van der Waals surface area contributed by atoms with Gasteiger partial charge >= 0.3 is 6.03 Å². The summed E-state index contributed by atoms with van der Waals surface area (Å²) in [5.74, 6) is 0.903. The van der Waals surface area contributed by atoms with Gasteiger partial charge in [0, 0.05) is 36.7 Å². The van der Waals surface area contributed by atoms with Crippen LogP contribution in [0.1, 0.15) is 38.2 Å². The number of carbonyl (C=O) groups excluding carboxylic acids is 3. The molecule has 204 valence electrons. The summed E-state index contributed by atoms with van der Waals surface area (Å²) in [6.45, 7) is 4.20. The molecule has 5 atom stereocenters. The Kier molecular flexibility index (Phi) is 6.94. The predicted octanol–water partition coefficient (Wildman–Crippen LogP) is 3.15. The first-order valence-electron chi connectivity index (χ1n) is 13.4. The molecule has 4 heterocycles. The van der Waals surface area contributed by atoms with E-state index in [-0.39, 0.29) is 47.3 Å². The number of aromatic nitrogens is 1. The number of anilines is 1. The number of carbonyl (C=O) groups is 3. The fraction of sp³-hybridized carbons (Fsp3) is 0.429. The van der Waals surface area contributed by atoms with Gasteiger partial charge in [0.1, 0.15) is 5.75 Å². The number of para-hydroxylation sites is 1. The van der Waals surface area contributed by atoms with Crippen LogP contribution in [0.3, 0.4) is 0 Å². The maximum atomic E-state index is 13.5. The normalized spacial score (nSPS) is 27.6. The van der Waals surface area contributed by atoms with Crippen LogP contribution in [-0.2, 0) is 9.59 Å². The third kappa shape index (κ3) is 5.08. The van der Waals surface area contributed by atoms with Gasteiger partial charge in [-0.1, -0.05) is 30.0 Å². The number of ether oxygens (including phenoxy) is 1. The van der Waals surface area contributed by atoms with Crippen molar-refractivity contribution in [1.29, 1.82) is 0 Å². The van der Waals surface area contributed by atoms with Crippen molar-refractivity contribution in [1.82, 2.24) is 26.3 Å². The van der Waals surface area contributed by atoms with E-state index < -0.39 is 0 Å². The summed E-state index contributed by atoms with van der Waals surface area (Å²) in [7, 11) is 0.